The third-order valence-corrected chi connectivity index (χ3v) is 5.13. The average molecular weight is 337 g/mol. The van der Waals surface area contributed by atoms with Crippen molar-refractivity contribution in [2.45, 2.75) is 46.2 Å². The quantitative estimate of drug-likeness (QED) is 0.735. The van der Waals surface area contributed by atoms with Crippen LogP contribution in [-0.4, -0.2) is 36.2 Å². The van der Waals surface area contributed by atoms with Crippen molar-refractivity contribution in [2.24, 2.45) is 7.05 Å². The Morgan fingerprint density at radius 1 is 1.28 bits per heavy atom. The van der Waals surface area contributed by atoms with Gasteiger partial charge in [-0.1, -0.05) is 6.07 Å². The Bertz CT molecular complexity index is 964. The van der Waals surface area contributed by atoms with E-state index in [1.807, 2.05) is 48.8 Å². The zero-order chi connectivity index (χ0) is 17.7. The van der Waals surface area contributed by atoms with E-state index >= 15 is 0 Å². The van der Waals surface area contributed by atoms with Crippen LogP contribution in [0.4, 0.5) is 0 Å². The summed E-state index contributed by atoms with van der Waals surface area (Å²) in [5, 5.41) is 8.85. The van der Waals surface area contributed by atoms with Crippen LogP contribution < -0.4 is 0 Å². The molecule has 1 amide bonds. The van der Waals surface area contributed by atoms with Crippen molar-refractivity contribution in [1.29, 1.82) is 0 Å². The van der Waals surface area contributed by atoms with Crippen molar-refractivity contribution in [2.75, 3.05) is 0 Å². The number of nitrogens with zero attached hydrogens (tertiary/aromatic N) is 5. The maximum absolute atomic E-state index is 13.3. The van der Waals surface area contributed by atoms with Gasteiger partial charge in [0.2, 0.25) is 0 Å². The largest absolute Gasteiger partial charge is 0.331 e. The van der Waals surface area contributed by atoms with Gasteiger partial charge in [-0.25, -0.2) is 4.52 Å². The van der Waals surface area contributed by atoms with Crippen molar-refractivity contribution in [1.82, 2.24) is 24.3 Å². The van der Waals surface area contributed by atoms with Crippen LogP contribution in [0, 0.1) is 20.8 Å². The van der Waals surface area contributed by atoms with Gasteiger partial charge in [-0.05, 0) is 45.2 Å². The van der Waals surface area contributed by atoms with Gasteiger partial charge in [0.05, 0.1) is 23.0 Å². The van der Waals surface area contributed by atoms with Crippen molar-refractivity contribution in [3.8, 4) is 0 Å². The number of fused-ring (bicyclic) bond motifs is 1. The molecule has 6 nitrogen and oxygen atoms in total. The summed E-state index contributed by atoms with van der Waals surface area (Å²) in [7, 11) is 1.95. The SMILES string of the molecule is Cc1ccc2c(C(=O)N(Cc3c(C)nn(C)c3C)C3CC3)cnn2c1. The van der Waals surface area contributed by atoms with Crippen LogP contribution in [0.3, 0.4) is 0 Å². The molecule has 0 aliphatic heterocycles. The molecule has 130 valence electrons. The number of hydrogen-bond acceptors (Lipinski definition) is 3. The summed E-state index contributed by atoms with van der Waals surface area (Å²) in [4.78, 5) is 15.3. The van der Waals surface area contributed by atoms with Gasteiger partial charge in [-0.15, -0.1) is 0 Å². The molecule has 0 unspecified atom stereocenters. The van der Waals surface area contributed by atoms with Gasteiger partial charge < -0.3 is 4.90 Å². The monoisotopic (exact) mass is 337 g/mol. The van der Waals surface area contributed by atoms with E-state index in [2.05, 4.69) is 17.1 Å². The topological polar surface area (TPSA) is 55.4 Å². The Kier molecular flexibility index (Phi) is 3.63. The lowest BCUT2D eigenvalue weighted by Crippen LogP contribution is -2.33. The second-order valence-corrected chi connectivity index (χ2v) is 7.03. The fraction of sp³-hybridized carbons (Fsp3) is 0.421. The van der Waals surface area contributed by atoms with Gasteiger partial charge in [-0.3, -0.25) is 9.48 Å². The first-order valence-corrected chi connectivity index (χ1v) is 8.69. The number of aromatic nitrogens is 4. The van der Waals surface area contributed by atoms with E-state index in [0.29, 0.717) is 18.2 Å². The van der Waals surface area contributed by atoms with E-state index in [1.54, 1.807) is 10.7 Å². The molecule has 0 spiro atoms. The Balaban J connectivity index is 1.69. The molecule has 1 saturated carbocycles. The second kappa shape index (κ2) is 5.72. The van der Waals surface area contributed by atoms with E-state index in [4.69, 9.17) is 0 Å². The number of pyridine rings is 1. The van der Waals surface area contributed by atoms with Gasteiger partial charge in [0.1, 0.15) is 0 Å². The van der Waals surface area contributed by atoms with Crippen LogP contribution in [-0.2, 0) is 13.6 Å². The van der Waals surface area contributed by atoms with E-state index in [0.717, 1.165) is 40.9 Å². The third-order valence-electron chi connectivity index (χ3n) is 5.13. The summed E-state index contributed by atoms with van der Waals surface area (Å²) in [5.74, 6) is 0.0593. The molecule has 0 saturated heterocycles. The molecular formula is C19H23N5O. The molecular weight excluding hydrogens is 314 g/mol. The Hall–Kier alpha value is -2.63. The smallest absolute Gasteiger partial charge is 0.258 e. The highest BCUT2D eigenvalue weighted by molar-refractivity contribution is 6.00. The van der Waals surface area contributed by atoms with Crippen molar-refractivity contribution >= 4 is 11.4 Å². The summed E-state index contributed by atoms with van der Waals surface area (Å²) in [6, 6.07) is 4.32. The highest BCUT2D eigenvalue weighted by atomic mass is 16.2. The van der Waals surface area contributed by atoms with Gasteiger partial charge in [-0.2, -0.15) is 10.2 Å². The molecule has 0 atom stereocenters. The Labute approximate surface area is 147 Å². The van der Waals surface area contributed by atoms with Crippen molar-refractivity contribution in [3.63, 3.8) is 0 Å². The predicted molar refractivity (Wildman–Crippen MR) is 95.5 cm³/mol. The lowest BCUT2D eigenvalue weighted by molar-refractivity contribution is 0.0731. The normalized spacial score (nSPS) is 14.2. The fourth-order valence-corrected chi connectivity index (χ4v) is 3.38. The predicted octanol–water partition coefficient (Wildman–Crippen LogP) is 2.80. The van der Waals surface area contributed by atoms with Crippen LogP contribution in [0.2, 0.25) is 0 Å². The number of carbonyl (C=O) groups is 1. The number of hydrogen-bond donors (Lipinski definition) is 0. The maximum Gasteiger partial charge on any atom is 0.258 e. The molecule has 3 heterocycles. The van der Waals surface area contributed by atoms with Crippen LogP contribution in [0.1, 0.15) is 45.7 Å². The van der Waals surface area contributed by atoms with Gasteiger partial charge in [0.25, 0.3) is 5.91 Å². The van der Waals surface area contributed by atoms with Crippen LogP contribution in [0.25, 0.3) is 5.52 Å². The van der Waals surface area contributed by atoms with Crippen molar-refractivity contribution in [3.05, 3.63) is 52.6 Å². The molecule has 0 N–H and O–H groups in total. The fourth-order valence-electron chi connectivity index (χ4n) is 3.38. The number of rotatable bonds is 4. The molecule has 1 fully saturated rings. The molecule has 0 radical (unpaired) electrons. The zero-order valence-electron chi connectivity index (χ0n) is 15.2. The molecule has 4 rings (SSSR count). The Morgan fingerprint density at radius 3 is 2.68 bits per heavy atom. The Morgan fingerprint density at radius 2 is 2.04 bits per heavy atom. The zero-order valence-corrected chi connectivity index (χ0v) is 15.2. The highest BCUT2D eigenvalue weighted by Crippen LogP contribution is 2.31. The molecule has 0 bridgehead atoms. The molecule has 3 aromatic rings. The molecule has 1 aliphatic carbocycles. The van der Waals surface area contributed by atoms with Gasteiger partial charge in [0, 0.05) is 37.1 Å². The third kappa shape index (κ3) is 2.71. The summed E-state index contributed by atoms with van der Waals surface area (Å²) >= 11 is 0. The van der Waals surface area contributed by atoms with E-state index < -0.39 is 0 Å². The van der Waals surface area contributed by atoms with E-state index in [9.17, 15) is 4.79 Å². The summed E-state index contributed by atoms with van der Waals surface area (Å²) in [5.41, 5.74) is 5.91. The van der Waals surface area contributed by atoms with Crippen LogP contribution in [0.5, 0.6) is 0 Å². The average Bonchev–Trinajstić information content (AvgIpc) is 3.28. The molecule has 6 heteroatoms. The minimum atomic E-state index is 0.0593. The molecule has 0 aromatic carbocycles. The minimum Gasteiger partial charge on any atom is -0.331 e. The maximum atomic E-state index is 13.3. The van der Waals surface area contributed by atoms with Crippen LogP contribution >= 0.6 is 0 Å². The first-order chi connectivity index (χ1) is 12.0. The number of carbonyl (C=O) groups excluding carboxylic acids is 1. The van der Waals surface area contributed by atoms with E-state index in [-0.39, 0.29) is 5.91 Å². The molecule has 1 aliphatic rings. The lowest BCUT2D eigenvalue weighted by Gasteiger charge is -2.22. The first-order valence-electron chi connectivity index (χ1n) is 8.69. The van der Waals surface area contributed by atoms with E-state index in [1.165, 1.54) is 0 Å². The van der Waals surface area contributed by atoms with Gasteiger partial charge in [0.15, 0.2) is 0 Å². The number of amides is 1. The van der Waals surface area contributed by atoms with Crippen molar-refractivity contribution < 1.29 is 4.79 Å². The minimum absolute atomic E-state index is 0.0593. The molecule has 25 heavy (non-hydrogen) atoms. The summed E-state index contributed by atoms with van der Waals surface area (Å²) in [6.07, 6.45) is 5.78. The summed E-state index contributed by atoms with van der Waals surface area (Å²) < 4.78 is 3.67. The summed E-state index contributed by atoms with van der Waals surface area (Å²) in [6.45, 7) is 6.70. The standard InChI is InChI=1S/C19H23N5O/c1-12-5-8-18-16(9-20-24(18)10-12)19(25)23(15-6-7-15)11-17-13(2)21-22(4)14(17)3/h5,8-10,15H,6-7,11H2,1-4H3. The first kappa shape index (κ1) is 15.9. The van der Waals surface area contributed by atoms with Crippen LogP contribution in [0.15, 0.2) is 24.5 Å². The lowest BCUT2D eigenvalue weighted by atomic mass is 10.1. The highest BCUT2D eigenvalue weighted by Gasteiger charge is 2.35. The molecule has 3 aromatic heterocycles. The van der Waals surface area contributed by atoms with Gasteiger partial charge >= 0.3 is 0 Å². The second-order valence-electron chi connectivity index (χ2n) is 7.03. The number of aryl methyl sites for hydroxylation is 3.